The number of benzene rings is 12. The minimum absolute atomic E-state index is 0.417. The van der Waals surface area contributed by atoms with Crippen LogP contribution in [0, 0.1) is 0 Å². The molecule has 0 aliphatic heterocycles. The predicted octanol–water partition coefficient (Wildman–Crippen LogP) is 16.8. The highest BCUT2D eigenvalue weighted by Crippen LogP contribution is 2.49. The number of hydrogen-bond acceptors (Lipinski definition) is 6. The van der Waals surface area contributed by atoms with Crippen LogP contribution in [0.2, 0.25) is 0 Å². The summed E-state index contributed by atoms with van der Waals surface area (Å²) < 4.78 is 23.8. The minimum atomic E-state index is -0.429. The van der Waals surface area contributed by atoms with E-state index in [4.69, 9.17) is 18.9 Å². The molecule has 12 aromatic carbocycles. The normalized spacial score (nSPS) is 11.4. The monoisotopic (exact) mass is 906 g/mol. The van der Waals surface area contributed by atoms with E-state index in [9.17, 15) is 9.59 Å². The van der Waals surface area contributed by atoms with Gasteiger partial charge in [0.15, 0.2) is 0 Å². The summed E-state index contributed by atoms with van der Waals surface area (Å²) in [6.07, 6.45) is 0. The van der Waals surface area contributed by atoms with Crippen molar-refractivity contribution >= 4 is 76.6 Å². The molecular formula is C64H42O6. The van der Waals surface area contributed by atoms with E-state index >= 15 is 0 Å². The number of ether oxygens (including phenoxy) is 4. The zero-order valence-electron chi connectivity index (χ0n) is 38.2. The van der Waals surface area contributed by atoms with Crippen LogP contribution in [0.1, 0.15) is 20.7 Å². The average molecular weight is 907 g/mol. The SMILES string of the molecule is COC(=O)c1ccc(Oc2ccc3cc(-c4cc5ccccc5c5ccccc45)ccc3c2-c2c(Oc3ccc(C(=O)OC)cc3)ccc3cc(-c4cc5ccccc5c5ccccc45)ccc23)cc1. The highest BCUT2D eigenvalue weighted by atomic mass is 16.5. The molecule has 0 aliphatic rings. The molecule has 6 nitrogen and oxygen atoms in total. The lowest BCUT2D eigenvalue weighted by Gasteiger charge is -2.21. The molecule has 0 amide bonds. The number of hydrogen-bond donors (Lipinski definition) is 0. The lowest BCUT2D eigenvalue weighted by molar-refractivity contribution is 0.0592. The van der Waals surface area contributed by atoms with E-state index in [2.05, 4.69) is 158 Å². The molecule has 12 aromatic rings. The summed E-state index contributed by atoms with van der Waals surface area (Å²) in [5, 5.41) is 13.4. The maximum atomic E-state index is 12.5. The lowest BCUT2D eigenvalue weighted by atomic mass is 9.88. The Kier molecular flexibility index (Phi) is 10.5. The maximum absolute atomic E-state index is 12.5. The van der Waals surface area contributed by atoms with Crippen molar-refractivity contribution in [3.8, 4) is 56.4 Å². The molecule has 0 spiro atoms. The van der Waals surface area contributed by atoms with E-state index in [0.29, 0.717) is 34.1 Å². The Bertz CT molecular complexity index is 3790. The fourth-order valence-corrected chi connectivity index (χ4v) is 10.0. The van der Waals surface area contributed by atoms with Gasteiger partial charge in [-0.15, -0.1) is 0 Å². The second kappa shape index (κ2) is 17.4. The first kappa shape index (κ1) is 42.1. The van der Waals surface area contributed by atoms with Crippen LogP contribution in [0.3, 0.4) is 0 Å². The summed E-state index contributed by atoms with van der Waals surface area (Å²) in [4.78, 5) is 24.9. The van der Waals surface area contributed by atoms with Crippen molar-refractivity contribution in [3.63, 3.8) is 0 Å². The zero-order valence-corrected chi connectivity index (χ0v) is 38.2. The number of fused-ring (bicyclic) bond motifs is 8. The third-order valence-corrected chi connectivity index (χ3v) is 13.4. The van der Waals surface area contributed by atoms with Crippen molar-refractivity contribution in [2.45, 2.75) is 0 Å². The summed E-state index contributed by atoms with van der Waals surface area (Å²) in [5.41, 5.74) is 6.92. The topological polar surface area (TPSA) is 71.1 Å². The minimum Gasteiger partial charge on any atom is -0.465 e. The first-order valence-electron chi connectivity index (χ1n) is 23.1. The lowest BCUT2D eigenvalue weighted by Crippen LogP contribution is -2.01. The van der Waals surface area contributed by atoms with Gasteiger partial charge in [0, 0.05) is 11.1 Å². The Morgan fingerprint density at radius 3 is 1.07 bits per heavy atom. The quantitative estimate of drug-likeness (QED) is 0.106. The first-order chi connectivity index (χ1) is 34.4. The van der Waals surface area contributed by atoms with Crippen molar-refractivity contribution < 1.29 is 28.5 Å². The molecule has 0 bridgehead atoms. The van der Waals surface area contributed by atoms with E-state index in [0.717, 1.165) is 54.9 Å². The molecule has 0 atom stereocenters. The molecule has 0 saturated heterocycles. The molecule has 0 radical (unpaired) electrons. The van der Waals surface area contributed by atoms with Crippen molar-refractivity contribution in [3.05, 3.63) is 230 Å². The van der Waals surface area contributed by atoms with Gasteiger partial charge in [0.2, 0.25) is 0 Å². The molecule has 6 heteroatoms. The van der Waals surface area contributed by atoms with E-state index < -0.39 is 11.9 Å². The van der Waals surface area contributed by atoms with Gasteiger partial charge < -0.3 is 18.9 Å². The molecule has 0 N–H and O–H groups in total. The van der Waals surface area contributed by atoms with Crippen LogP contribution in [-0.2, 0) is 9.47 Å². The molecule has 0 heterocycles. The second-order valence-electron chi connectivity index (χ2n) is 17.4. The van der Waals surface area contributed by atoms with Gasteiger partial charge in [0.05, 0.1) is 25.3 Å². The fraction of sp³-hybridized carbons (Fsp3) is 0.0312. The smallest absolute Gasteiger partial charge is 0.337 e. The Labute approximate surface area is 403 Å². The number of carbonyl (C=O) groups excluding carboxylic acids is 2. The Hall–Kier alpha value is -9.26. The molecule has 0 aromatic heterocycles. The van der Waals surface area contributed by atoms with Crippen molar-refractivity contribution in [2.75, 3.05) is 14.2 Å². The molecule has 0 fully saturated rings. The molecule has 70 heavy (non-hydrogen) atoms. The summed E-state index contributed by atoms with van der Waals surface area (Å²) >= 11 is 0. The van der Waals surface area contributed by atoms with Gasteiger partial charge in [0.1, 0.15) is 23.0 Å². The van der Waals surface area contributed by atoms with Crippen molar-refractivity contribution in [2.24, 2.45) is 0 Å². The van der Waals surface area contributed by atoms with Gasteiger partial charge in [-0.2, -0.15) is 0 Å². The van der Waals surface area contributed by atoms with Crippen LogP contribution in [0.4, 0.5) is 0 Å². The van der Waals surface area contributed by atoms with Crippen LogP contribution in [-0.4, -0.2) is 26.2 Å². The molecule has 0 saturated carbocycles. The van der Waals surface area contributed by atoms with Crippen LogP contribution in [0.15, 0.2) is 218 Å². The molecular weight excluding hydrogens is 865 g/mol. The van der Waals surface area contributed by atoms with E-state index in [1.54, 1.807) is 48.5 Å². The summed E-state index contributed by atoms with van der Waals surface area (Å²) in [7, 11) is 2.73. The summed E-state index contributed by atoms with van der Waals surface area (Å²) in [6, 6.07) is 74.2. The van der Waals surface area contributed by atoms with Crippen LogP contribution < -0.4 is 9.47 Å². The fourth-order valence-electron chi connectivity index (χ4n) is 10.0. The highest BCUT2D eigenvalue weighted by Gasteiger charge is 2.23. The molecule has 0 aliphatic carbocycles. The Morgan fingerprint density at radius 1 is 0.314 bits per heavy atom. The maximum Gasteiger partial charge on any atom is 0.337 e. The van der Waals surface area contributed by atoms with E-state index in [1.165, 1.54) is 57.3 Å². The van der Waals surface area contributed by atoms with Gasteiger partial charge in [0.25, 0.3) is 0 Å². The van der Waals surface area contributed by atoms with Crippen LogP contribution in [0.5, 0.6) is 23.0 Å². The number of rotatable bonds is 9. The van der Waals surface area contributed by atoms with E-state index in [-0.39, 0.29) is 0 Å². The average Bonchev–Trinajstić information content (AvgIpc) is 3.42. The van der Waals surface area contributed by atoms with Gasteiger partial charge >= 0.3 is 11.9 Å². The predicted molar refractivity (Wildman–Crippen MR) is 283 cm³/mol. The van der Waals surface area contributed by atoms with Crippen molar-refractivity contribution in [1.82, 2.24) is 0 Å². The second-order valence-corrected chi connectivity index (χ2v) is 17.4. The number of esters is 2. The molecule has 0 unspecified atom stereocenters. The van der Waals surface area contributed by atoms with Crippen molar-refractivity contribution in [1.29, 1.82) is 0 Å². The Morgan fingerprint density at radius 2 is 0.671 bits per heavy atom. The van der Waals surface area contributed by atoms with Gasteiger partial charge in [-0.05, 0) is 172 Å². The molecule has 334 valence electrons. The third-order valence-electron chi connectivity index (χ3n) is 13.4. The zero-order chi connectivity index (χ0) is 47.3. The summed E-state index contributed by atoms with van der Waals surface area (Å²) in [6.45, 7) is 0. The molecule has 12 rings (SSSR count). The van der Waals surface area contributed by atoms with E-state index in [1.807, 2.05) is 12.1 Å². The van der Waals surface area contributed by atoms with Gasteiger partial charge in [-0.3, -0.25) is 0 Å². The Balaban J connectivity index is 1.10. The number of methoxy groups -OCH3 is 2. The standard InChI is InChI=1S/C64H42O6/c1-67-63(65)39-19-27-47(28-20-39)69-59-33-25-43-35-45(57-37-41-11-3-5-13-49(41)53-15-7-9-17-55(53)57)23-31-51(43)61(59)62-52-32-24-46(58-38-42-12-4-6-14-50(42)54-16-8-10-18-56(54)58)36-44(52)26-34-60(62)70-48-29-21-40(22-30-48)64(66)68-2/h3-38H,1-2H3. The van der Waals surface area contributed by atoms with Crippen LogP contribution >= 0.6 is 0 Å². The van der Waals surface area contributed by atoms with Gasteiger partial charge in [-0.1, -0.05) is 133 Å². The largest absolute Gasteiger partial charge is 0.465 e. The van der Waals surface area contributed by atoms with Crippen LogP contribution in [0.25, 0.3) is 98.0 Å². The highest BCUT2D eigenvalue weighted by molar-refractivity contribution is 6.17. The third kappa shape index (κ3) is 7.39. The number of carbonyl (C=O) groups is 2. The van der Waals surface area contributed by atoms with Gasteiger partial charge in [-0.25, -0.2) is 9.59 Å². The first-order valence-corrected chi connectivity index (χ1v) is 23.1. The summed E-state index contributed by atoms with van der Waals surface area (Å²) in [5.74, 6) is 1.40.